The first-order valence-corrected chi connectivity index (χ1v) is 10.9. The second kappa shape index (κ2) is 7.84. The quantitative estimate of drug-likeness (QED) is 0.550. The molecule has 7 heteroatoms. The summed E-state index contributed by atoms with van der Waals surface area (Å²) >= 11 is 6.13. The SMILES string of the molecule is O=C(O)[C@H]1C[C@@H](c2c(C3CCOCC3)n(-c3ccc(F)c(Cl)c3)c3ccc(O)cc32)C1. The fourth-order valence-corrected chi connectivity index (χ4v) is 5.26. The highest BCUT2D eigenvalue weighted by Gasteiger charge is 2.40. The van der Waals surface area contributed by atoms with Crippen molar-refractivity contribution in [1.29, 1.82) is 0 Å². The van der Waals surface area contributed by atoms with Gasteiger partial charge in [0.05, 0.1) is 16.5 Å². The Labute approximate surface area is 184 Å². The van der Waals surface area contributed by atoms with Crippen LogP contribution in [0, 0.1) is 11.7 Å². The first-order valence-electron chi connectivity index (χ1n) is 10.6. The van der Waals surface area contributed by atoms with Crippen LogP contribution in [0.3, 0.4) is 0 Å². The van der Waals surface area contributed by atoms with Crippen molar-refractivity contribution in [3.63, 3.8) is 0 Å². The molecule has 0 unspecified atom stereocenters. The largest absolute Gasteiger partial charge is 0.508 e. The lowest BCUT2D eigenvalue weighted by Crippen LogP contribution is -2.30. The van der Waals surface area contributed by atoms with Crippen LogP contribution in [-0.4, -0.2) is 34.0 Å². The Morgan fingerprint density at radius 3 is 2.52 bits per heavy atom. The third-order valence-electron chi connectivity index (χ3n) is 6.69. The summed E-state index contributed by atoms with van der Waals surface area (Å²) < 4.78 is 21.6. The number of aromatic hydroxyl groups is 1. The highest BCUT2D eigenvalue weighted by molar-refractivity contribution is 6.30. The molecule has 2 aromatic carbocycles. The predicted octanol–water partition coefficient (Wildman–Crippen LogP) is 5.60. The monoisotopic (exact) mass is 443 g/mol. The minimum absolute atomic E-state index is 0.0483. The van der Waals surface area contributed by atoms with Crippen LogP contribution in [0.25, 0.3) is 16.6 Å². The van der Waals surface area contributed by atoms with Crippen molar-refractivity contribution in [3.8, 4) is 11.4 Å². The maximum absolute atomic E-state index is 13.9. The van der Waals surface area contributed by atoms with Gasteiger partial charge < -0.3 is 19.5 Å². The number of phenolic OH excluding ortho intramolecular Hbond substituents is 1. The van der Waals surface area contributed by atoms with Gasteiger partial charge in [-0.15, -0.1) is 0 Å². The molecule has 162 valence electrons. The number of phenols is 1. The maximum Gasteiger partial charge on any atom is 0.306 e. The molecule has 2 N–H and O–H groups in total. The third-order valence-corrected chi connectivity index (χ3v) is 6.98. The zero-order valence-electron chi connectivity index (χ0n) is 16.9. The molecule has 2 fully saturated rings. The number of aliphatic carboxylic acids is 1. The molecule has 0 spiro atoms. The van der Waals surface area contributed by atoms with Crippen molar-refractivity contribution < 1.29 is 24.1 Å². The molecule has 1 aliphatic heterocycles. The average Bonchev–Trinajstić information content (AvgIpc) is 3.03. The fourth-order valence-electron chi connectivity index (χ4n) is 5.08. The number of hydrogen-bond donors (Lipinski definition) is 2. The number of hydrogen-bond acceptors (Lipinski definition) is 3. The van der Waals surface area contributed by atoms with Crippen LogP contribution in [0.4, 0.5) is 4.39 Å². The van der Waals surface area contributed by atoms with Gasteiger partial charge in [-0.1, -0.05) is 11.6 Å². The lowest BCUT2D eigenvalue weighted by atomic mass is 9.69. The molecule has 3 aromatic rings. The normalized spacial score (nSPS) is 21.9. The van der Waals surface area contributed by atoms with Gasteiger partial charge in [0.15, 0.2) is 0 Å². The molecule has 0 atom stereocenters. The molecule has 2 heterocycles. The van der Waals surface area contributed by atoms with Crippen molar-refractivity contribution in [3.05, 3.63) is 58.5 Å². The highest BCUT2D eigenvalue weighted by atomic mass is 35.5. The van der Waals surface area contributed by atoms with E-state index in [-0.39, 0.29) is 28.5 Å². The van der Waals surface area contributed by atoms with Crippen LogP contribution in [-0.2, 0) is 9.53 Å². The van der Waals surface area contributed by atoms with Crippen LogP contribution in [0.2, 0.25) is 5.02 Å². The Bertz CT molecular complexity index is 1160. The number of nitrogens with zero attached hydrogens (tertiary/aromatic N) is 1. The molecular weight excluding hydrogens is 421 g/mol. The van der Waals surface area contributed by atoms with Crippen molar-refractivity contribution >= 4 is 28.5 Å². The standard InChI is InChI=1S/C24H23ClFNO4/c25-19-11-16(1-3-20(19)26)27-21-4-2-17(28)12-18(21)22(14-9-15(10-14)24(29)30)23(27)13-5-7-31-8-6-13/h1-4,11-15,28H,5-10H2,(H,29,30)/t14-,15+. The van der Waals surface area contributed by atoms with Crippen LogP contribution in [0.1, 0.15) is 48.8 Å². The summed E-state index contributed by atoms with van der Waals surface area (Å²) in [6.45, 7) is 1.31. The fraction of sp³-hybridized carbons (Fsp3) is 0.375. The molecule has 31 heavy (non-hydrogen) atoms. The van der Waals surface area contributed by atoms with E-state index in [0.29, 0.717) is 26.1 Å². The number of fused-ring (bicyclic) bond motifs is 1. The van der Waals surface area contributed by atoms with E-state index in [0.717, 1.165) is 40.7 Å². The Morgan fingerprint density at radius 2 is 1.84 bits per heavy atom. The lowest BCUT2D eigenvalue weighted by molar-refractivity contribution is -0.145. The van der Waals surface area contributed by atoms with Gasteiger partial charge in [-0.3, -0.25) is 4.79 Å². The summed E-state index contributed by atoms with van der Waals surface area (Å²) in [6.07, 6.45) is 2.84. The van der Waals surface area contributed by atoms with Crippen molar-refractivity contribution in [2.45, 2.75) is 37.5 Å². The number of carbonyl (C=O) groups is 1. The average molecular weight is 444 g/mol. The van der Waals surface area contributed by atoms with E-state index in [4.69, 9.17) is 16.3 Å². The van der Waals surface area contributed by atoms with E-state index in [1.807, 2.05) is 6.07 Å². The summed E-state index contributed by atoms with van der Waals surface area (Å²) in [6, 6.07) is 9.95. The van der Waals surface area contributed by atoms with Gasteiger partial charge in [-0.2, -0.15) is 0 Å². The minimum atomic E-state index is -0.763. The van der Waals surface area contributed by atoms with Gasteiger partial charge in [-0.25, -0.2) is 4.39 Å². The van der Waals surface area contributed by atoms with E-state index in [9.17, 15) is 19.4 Å². The summed E-state index contributed by atoms with van der Waals surface area (Å²) in [5.74, 6) is -1.11. The van der Waals surface area contributed by atoms with E-state index in [2.05, 4.69) is 4.57 Å². The number of benzene rings is 2. The van der Waals surface area contributed by atoms with Gasteiger partial charge >= 0.3 is 5.97 Å². The molecule has 1 aliphatic carbocycles. The topological polar surface area (TPSA) is 71.7 Å². The van der Waals surface area contributed by atoms with Gasteiger partial charge in [0.25, 0.3) is 0 Å². The van der Waals surface area contributed by atoms with Crippen LogP contribution >= 0.6 is 11.6 Å². The molecule has 1 saturated carbocycles. The van der Waals surface area contributed by atoms with E-state index in [1.165, 1.54) is 6.07 Å². The summed E-state index contributed by atoms with van der Waals surface area (Å²) in [5, 5.41) is 20.6. The number of carboxylic acids is 1. The van der Waals surface area contributed by atoms with E-state index >= 15 is 0 Å². The van der Waals surface area contributed by atoms with Gasteiger partial charge in [0, 0.05) is 35.9 Å². The molecule has 5 rings (SSSR count). The van der Waals surface area contributed by atoms with Crippen molar-refractivity contribution in [1.82, 2.24) is 4.57 Å². The van der Waals surface area contributed by atoms with E-state index < -0.39 is 11.8 Å². The first-order chi connectivity index (χ1) is 14.9. The molecule has 0 radical (unpaired) electrons. The maximum atomic E-state index is 13.9. The summed E-state index contributed by atoms with van der Waals surface area (Å²) in [7, 11) is 0. The smallest absolute Gasteiger partial charge is 0.306 e. The number of halogens is 2. The Hall–Kier alpha value is -2.57. The third kappa shape index (κ3) is 3.48. The lowest BCUT2D eigenvalue weighted by Gasteiger charge is -2.35. The number of ether oxygens (including phenoxy) is 1. The molecule has 2 aliphatic rings. The second-order valence-corrected chi connectivity index (χ2v) is 8.93. The molecular formula is C24H23ClFNO4. The second-order valence-electron chi connectivity index (χ2n) is 8.52. The minimum Gasteiger partial charge on any atom is -0.508 e. The van der Waals surface area contributed by atoms with Crippen molar-refractivity contribution in [2.24, 2.45) is 5.92 Å². The summed E-state index contributed by atoms with van der Waals surface area (Å²) in [4.78, 5) is 11.4. The number of aromatic nitrogens is 1. The Kier molecular flexibility index (Phi) is 5.15. The Morgan fingerprint density at radius 1 is 1.10 bits per heavy atom. The van der Waals surface area contributed by atoms with Gasteiger partial charge in [0.1, 0.15) is 11.6 Å². The van der Waals surface area contributed by atoms with Crippen LogP contribution in [0.5, 0.6) is 5.75 Å². The molecule has 5 nitrogen and oxygen atoms in total. The molecule has 0 amide bonds. The molecule has 0 bridgehead atoms. The Balaban J connectivity index is 1.76. The van der Waals surface area contributed by atoms with Crippen LogP contribution < -0.4 is 0 Å². The van der Waals surface area contributed by atoms with E-state index in [1.54, 1.807) is 24.3 Å². The number of rotatable bonds is 4. The number of carboxylic acid groups (broad SMARTS) is 1. The molecule has 1 saturated heterocycles. The van der Waals surface area contributed by atoms with Gasteiger partial charge in [0.2, 0.25) is 0 Å². The highest BCUT2D eigenvalue weighted by Crippen LogP contribution is 2.50. The zero-order chi connectivity index (χ0) is 21.7. The molecule has 1 aromatic heterocycles. The van der Waals surface area contributed by atoms with Crippen LogP contribution in [0.15, 0.2) is 36.4 Å². The van der Waals surface area contributed by atoms with Gasteiger partial charge in [-0.05, 0) is 73.6 Å². The predicted molar refractivity (Wildman–Crippen MR) is 116 cm³/mol. The zero-order valence-corrected chi connectivity index (χ0v) is 17.6. The first kappa shape index (κ1) is 20.3. The summed E-state index contributed by atoms with van der Waals surface area (Å²) in [5.41, 5.74) is 3.84. The van der Waals surface area contributed by atoms with Crippen molar-refractivity contribution in [2.75, 3.05) is 13.2 Å².